The Kier molecular flexibility index (Phi) is 5.73. The number of nitrogens with one attached hydrogen (secondary N) is 2. The van der Waals surface area contributed by atoms with Gasteiger partial charge in [-0.15, -0.1) is 0 Å². The predicted octanol–water partition coefficient (Wildman–Crippen LogP) is 2.60. The summed E-state index contributed by atoms with van der Waals surface area (Å²) in [6.45, 7) is 6.75. The molecule has 0 unspecified atom stereocenters. The van der Waals surface area contributed by atoms with Gasteiger partial charge in [0.15, 0.2) is 0 Å². The minimum atomic E-state index is -0.203. The Morgan fingerprint density at radius 3 is 2.54 bits per heavy atom. The van der Waals surface area contributed by atoms with Gasteiger partial charge in [0, 0.05) is 38.1 Å². The van der Waals surface area contributed by atoms with Crippen LogP contribution in [0.15, 0.2) is 24.7 Å². The molecular formula is C16H25N7O. The van der Waals surface area contributed by atoms with Gasteiger partial charge in [0.2, 0.25) is 5.95 Å². The molecule has 130 valence electrons. The Morgan fingerprint density at radius 1 is 1.29 bits per heavy atom. The van der Waals surface area contributed by atoms with E-state index in [2.05, 4.69) is 46.5 Å². The lowest BCUT2D eigenvalue weighted by molar-refractivity contribution is 0.220. The standard InChI is InChI=1S/C16H25N7O/c1-11(2)12(3)23-14(6-7-20-23)21-16(24)22(5)10-13-8-18-15(17-4)19-9-13/h6-9,11-12H,10H2,1-5H3,(H,21,24)(H,17,18,19)/t12-/m0/s1. The monoisotopic (exact) mass is 331 g/mol. The van der Waals surface area contributed by atoms with Crippen LogP contribution in [0.5, 0.6) is 0 Å². The molecule has 2 rings (SSSR count). The molecule has 2 aromatic heterocycles. The predicted molar refractivity (Wildman–Crippen MR) is 93.8 cm³/mol. The van der Waals surface area contributed by atoms with Crippen LogP contribution >= 0.6 is 0 Å². The number of hydrogen-bond acceptors (Lipinski definition) is 5. The summed E-state index contributed by atoms with van der Waals surface area (Å²) in [5.41, 5.74) is 0.857. The second-order valence-corrected chi connectivity index (χ2v) is 6.10. The van der Waals surface area contributed by atoms with Crippen molar-refractivity contribution >= 4 is 17.8 Å². The van der Waals surface area contributed by atoms with Crippen molar-refractivity contribution < 1.29 is 4.79 Å². The van der Waals surface area contributed by atoms with Crippen molar-refractivity contribution in [3.63, 3.8) is 0 Å². The van der Waals surface area contributed by atoms with Crippen molar-refractivity contribution in [2.24, 2.45) is 5.92 Å². The largest absolute Gasteiger partial charge is 0.357 e. The third-order valence-corrected chi connectivity index (χ3v) is 3.95. The SMILES string of the molecule is CNc1ncc(CN(C)C(=O)Nc2ccnn2[C@@H](C)C(C)C)cn1. The number of rotatable bonds is 6. The first-order valence-corrected chi connectivity index (χ1v) is 7.96. The lowest BCUT2D eigenvalue weighted by Crippen LogP contribution is -2.32. The first-order valence-electron chi connectivity index (χ1n) is 7.96. The molecule has 0 aromatic carbocycles. The fraction of sp³-hybridized carbons (Fsp3) is 0.500. The molecule has 2 amide bonds. The molecule has 24 heavy (non-hydrogen) atoms. The van der Waals surface area contributed by atoms with Crippen molar-refractivity contribution in [1.29, 1.82) is 0 Å². The highest BCUT2D eigenvalue weighted by molar-refractivity contribution is 5.88. The van der Waals surface area contributed by atoms with Crippen LogP contribution in [0.4, 0.5) is 16.6 Å². The normalized spacial score (nSPS) is 12.1. The molecule has 0 spiro atoms. The maximum atomic E-state index is 12.4. The van der Waals surface area contributed by atoms with Gasteiger partial charge in [-0.3, -0.25) is 5.32 Å². The molecule has 0 aliphatic rings. The second kappa shape index (κ2) is 7.76. The van der Waals surface area contributed by atoms with Crippen LogP contribution in [0.2, 0.25) is 0 Å². The number of anilines is 2. The molecule has 0 saturated heterocycles. The maximum Gasteiger partial charge on any atom is 0.323 e. The summed E-state index contributed by atoms with van der Waals surface area (Å²) in [4.78, 5) is 22.3. The molecule has 8 nitrogen and oxygen atoms in total. The maximum absolute atomic E-state index is 12.4. The molecule has 0 bridgehead atoms. The third kappa shape index (κ3) is 4.21. The van der Waals surface area contributed by atoms with E-state index in [0.717, 1.165) is 5.56 Å². The average molecular weight is 331 g/mol. The number of hydrogen-bond donors (Lipinski definition) is 2. The molecule has 0 saturated carbocycles. The Labute approximate surface area is 142 Å². The number of nitrogens with zero attached hydrogens (tertiary/aromatic N) is 5. The van der Waals surface area contributed by atoms with Crippen LogP contribution < -0.4 is 10.6 Å². The van der Waals surface area contributed by atoms with Gasteiger partial charge < -0.3 is 10.2 Å². The van der Waals surface area contributed by atoms with Crippen molar-refractivity contribution in [1.82, 2.24) is 24.6 Å². The average Bonchev–Trinajstić information content (AvgIpc) is 3.02. The zero-order valence-corrected chi connectivity index (χ0v) is 14.8. The molecule has 2 N–H and O–H groups in total. The van der Waals surface area contributed by atoms with Crippen LogP contribution in [0, 0.1) is 5.92 Å². The van der Waals surface area contributed by atoms with Gasteiger partial charge in [0.05, 0.1) is 18.8 Å². The van der Waals surface area contributed by atoms with E-state index in [-0.39, 0.29) is 12.1 Å². The van der Waals surface area contributed by atoms with Crippen molar-refractivity contribution in [2.75, 3.05) is 24.7 Å². The highest BCUT2D eigenvalue weighted by Gasteiger charge is 2.17. The Morgan fingerprint density at radius 2 is 1.96 bits per heavy atom. The van der Waals surface area contributed by atoms with E-state index in [1.165, 1.54) is 0 Å². The molecule has 8 heteroatoms. The highest BCUT2D eigenvalue weighted by Crippen LogP contribution is 2.21. The second-order valence-electron chi connectivity index (χ2n) is 6.10. The van der Waals surface area contributed by atoms with Crippen LogP contribution in [0.3, 0.4) is 0 Å². The van der Waals surface area contributed by atoms with Gasteiger partial charge in [-0.1, -0.05) is 13.8 Å². The van der Waals surface area contributed by atoms with E-state index in [0.29, 0.717) is 24.2 Å². The fourth-order valence-electron chi connectivity index (χ4n) is 2.14. The van der Waals surface area contributed by atoms with E-state index < -0.39 is 0 Å². The summed E-state index contributed by atoms with van der Waals surface area (Å²) in [5, 5.41) is 10.1. The van der Waals surface area contributed by atoms with E-state index in [9.17, 15) is 4.79 Å². The first-order chi connectivity index (χ1) is 11.4. The molecule has 2 aromatic rings. The van der Waals surface area contributed by atoms with E-state index in [4.69, 9.17) is 0 Å². The smallest absolute Gasteiger partial charge is 0.323 e. The van der Waals surface area contributed by atoms with E-state index in [1.807, 2.05) is 4.68 Å². The van der Waals surface area contributed by atoms with E-state index >= 15 is 0 Å². The van der Waals surface area contributed by atoms with Crippen molar-refractivity contribution in [3.8, 4) is 0 Å². The number of aromatic nitrogens is 4. The van der Waals surface area contributed by atoms with Gasteiger partial charge >= 0.3 is 6.03 Å². The van der Waals surface area contributed by atoms with Crippen LogP contribution in [0.1, 0.15) is 32.4 Å². The summed E-state index contributed by atoms with van der Waals surface area (Å²) in [5.74, 6) is 1.66. The van der Waals surface area contributed by atoms with Gasteiger partial charge in [-0.25, -0.2) is 19.4 Å². The molecule has 0 fully saturated rings. The van der Waals surface area contributed by atoms with Crippen LogP contribution in [0.25, 0.3) is 0 Å². The van der Waals surface area contributed by atoms with Crippen molar-refractivity contribution in [3.05, 3.63) is 30.2 Å². The number of carbonyl (C=O) groups excluding carboxylic acids is 1. The lowest BCUT2D eigenvalue weighted by Gasteiger charge is -2.21. The molecular weight excluding hydrogens is 306 g/mol. The topological polar surface area (TPSA) is 88.0 Å². The molecule has 0 aliphatic heterocycles. The molecule has 2 heterocycles. The molecule has 0 aliphatic carbocycles. The number of carbonyl (C=O) groups is 1. The summed E-state index contributed by atoms with van der Waals surface area (Å²) in [6, 6.07) is 1.80. The summed E-state index contributed by atoms with van der Waals surface area (Å²) in [7, 11) is 3.49. The van der Waals surface area contributed by atoms with Gasteiger partial charge in [0.1, 0.15) is 5.82 Å². The van der Waals surface area contributed by atoms with Crippen LogP contribution in [-0.2, 0) is 6.54 Å². The Balaban J connectivity index is 2.00. The van der Waals surface area contributed by atoms with E-state index in [1.54, 1.807) is 43.7 Å². The lowest BCUT2D eigenvalue weighted by atomic mass is 10.1. The summed E-state index contributed by atoms with van der Waals surface area (Å²) >= 11 is 0. The van der Waals surface area contributed by atoms with Crippen LogP contribution in [-0.4, -0.2) is 44.8 Å². The summed E-state index contributed by atoms with van der Waals surface area (Å²) in [6.07, 6.45) is 5.10. The Hall–Kier alpha value is -2.64. The summed E-state index contributed by atoms with van der Waals surface area (Å²) < 4.78 is 1.83. The van der Waals surface area contributed by atoms with Crippen molar-refractivity contribution in [2.45, 2.75) is 33.4 Å². The Bertz CT molecular complexity index is 665. The number of urea groups is 1. The third-order valence-electron chi connectivity index (χ3n) is 3.95. The quantitative estimate of drug-likeness (QED) is 0.849. The first kappa shape index (κ1) is 17.7. The van der Waals surface area contributed by atoms with Gasteiger partial charge in [-0.2, -0.15) is 5.10 Å². The zero-order chi connectivity index (χ0) is 17.7. The van der Waals surface area contributed by atoms with Gasteiger partial charge in [0.25, 0.3) is 0 Å². The van der Waals surface area contributed by atoms with Gasteiger partial charge in [-0.05, 0) is 12.8 Å². The number of amides is 2. The zero-order valence-electron chi connectivity index (χ0n) is 14.8. The molecule has 0 radical (unpaired) electrons. The minimum Gasteiger partial charge on any atom is -0.357 e. The highest BCUT2D eigenvalue weighted by atomic mass is 16.2. The fourth-order valence-corrected chi connectivity index (χ4v) is 2.14. The minimum absolute atomic E-state index is 0.197. The molecule has 1 atom stereocenters.